The van der Waals surface area contributed by atoms with E-state index in [1.807, 2.05) is 36.2 Å². The Kier molecular flexibility index (Phi) is 6.83. The van der Waals surface area contributed by atoms with Crippen LogP contribution < -0.4 is 10.2 Å². The lowest BCUT2D eigenvalue weighted by atomic mass is 9.95. The van der Waals surface area contributed by atoms with Gasteiger partial charge in [0.1, 0.15) is 11.9 Å². The summed E-state index contributed by atoms with van der Waals surface area (Å²) >= 11 is 0. The van der Waals surface area contributed by atoms with E-state index in [2.05, 4.69) is 6.92 Å². The lowest BCUT2D eigenvalue weighted by Gasteiger charge is -2.42. The van der Waals surface area contributed by atoms with Crippen molar-refractivity contribution in [1.29, 1.82) is 0 Å². The number of piperidine rings is 2. The monoisotopic (exact) mass is 425 g/mol. The normalized spacial score (nSPS) is 21.6. The number of amides is 1. The molecule has 0 aromatic heterocycles. The summed E-state index contributed by atoms with van der Waals surface area (Å²) in [6, 6.07) is 7.96. The van der Waals surface area contributed by atoms with Crippen LogP contribution in [0, 0.1) is 0 Å². The second-order valence-electron chi connectivity index (χ2n) is 7.96. The van der Waals surface area contributed by atoms with Crippen molar-refractivity contribution in [3.63, 3.8) is 0 Å². The molecule has 0 saturated carbocycles. The summed E-state index contributed by atoms with van der Waals surface area (Å²) in [5, 5.41) is 9.21. The topological polar surface area (TPSA) is 99.2 Å². The van der Waals surface area contributed by atoms with Gasteiger partial charge in [0, 0.05) is 13.1 Å². The second kappa shape index (κ2) is 8.99. The lowest BCUT2D eigenvalue weighted by molar-refractivity contribution is -0.133. The number of nitrogens with zero attached hydrogens (tertiary/aromatic N) is 2. The second-order valence-corrected chi connectivity index (χ2v) is 10.2. The number of hydrogen-bond donors (Lipinski definition) is 2. The first-order valence-electron chi connectivity index (χ1n) is 10.2. The number of carbonyl (C=O) groups excluding carboxylic acids is 1. The van der Waals surface area contributed by atoms with Crippen molar-refractivity contribution in [2.45, 2.75) is 49.9 Å². The molecule has 0 bridgehead atoms. The van der Waals surface area contributed by atoms with Crippen molar-refractivity contribution in [3.8, 4) is 5.75 Å². The van der Waals surface area contributed by atoms with Gasteiger partial charge in [-0.3, -0.25) is 10.0 Å². The fourth-order valence-electron chi connectivity index (χ4n) is 4.12. The highest BCUT2D eigenvalue weighted by molar-refractivity contribution is 7.91. The predicted molar refractivity (Wildman–Crippen MR) is 109 cm³/mol. The third-order valence-corrected chi connectivity index (χ3v) is 8.81. The van der Waals surface area contributed by atoms with Crippen LogP contribution in [-0.2, 0) is 21.2 Å². The highest BCUT2D eigenvalue weighted by Gasteiger charge is 2.54. The fraction of sp³-hybridized carbons (Fsp3) is 0.650. The first-order chi connectivity index (χ1) is 13.8. The average molecular weight is 426 g/mol. The molecule has 0 aliphatic carbocycles. The summed E-state index contributed by atoms with van der Waals surface area (Å²) in [4.78, 5) is 14.4. The van der Waals surface area contributed by atoms with Crippen LogP contribution in [0.1, 0.15) is 38.2 Å². The van der Waals surface area contributed by atoms with Gasteiger partial charge in [0.25, 0.3) is 5.91 Å². The van der Waals surface area contributed by atoms with Crippen molar-refractivity contribution in [3.05, 3.63) is 29.8 Å². The Balaban J connectivity index is 1.67. The van der Waals surface area contributed by atoms with E-state index in [1.165, 1.54) is 9.87 Å². The Labute approximate surface area is 172 Å². The first-order valence-corrected chi connectivity index (χ1v) is 11.6. The van der Waals surface area contributed by atoms with Gasteiger partial charge in [-0.15, -0.1) is 0 Å². The van der Waals surface area contributed by atoms with Gasteiger partial charge in [-0.2, -0.15) is 0 Å². The molecule has 2 aliphatic rings. The van der Waals surface area contributed by atoms with E-state index in [1.54, 1.807) is 5.48 Å². The Bertz CT molecular complexity index is 796. The maximum Gasteiger partial charge on any atom is 0.266 e. The van der Waals surface area contributed by atoms with E-state index in [4.69, 9.17) is 4.74 Å². The first kappa shape index (κ1) is 22.0. The molecule has 2 fully saturated rings. The lowest BCUT2D eigenvalue weighted by Crippen LogP contribution is -2.62. The number of likely N-dealkylation sites (tertiary alicyclic amines) is 1. The zero-order chi connectivity index (χ0) is 21.1. The quantitative estimate of drug-likeness (QED) is 0.528. The minimum atomic E-state index is -3.91. The van der Waals surface area contributed by atoms with Crippen LogP contribution >= 0.6 is 0 Å². The number of benzene rings is 1. The number of carbonyl (C=O) groups is 1. The molecular formula is C20H31N3O5S. The molecule has 3 rings (SSSR count). The minimum Gasteiger partial charge on any atom is -0.490 e. The average Bonchev–Trinajstić information content (AvgIpc) is 2.74. The Hall–Kier alpha value is -1.68. The van der Waals surface area contributed by atoms with Crippen LogP contribution in [0.2, 0.25) is 0 Å². The molecular weight excluding hydrogens is 394 g/mol. The van der Waals surface area contributed by atoms with Crippen LogP contribution in [0.4, 0.5) is 0 Å². The van der Waals surface area contributed by atoms with Crippen molar-refractivity contribution in [2.75, 3.05) is 33.2 Å². The molecule has 29 heavy (non-hydrogen) atoms. The van der Waals surface area contributed by atoms with Gasteiger partial charge >= 0.3 is 0 Å². The molecule has 8 nitrogen and oxygen atoms in total. The number of rotatable bonds is 6. The fourth-order valence-corrected chi connectivity index (χ4v) is 6.28. The van der Waals surface area contributed by atoms with Gasteiger partial charge in [0.2, 0.25) is 10.0 Å². The van der Waals surface area contributed by atoms with Gasteiger partial charge < -0.3 is 9.64 Å². The van der Waals surface area contributed by atoms with Crippen molar-refractivity contribution >= 4 is 15.9 Å². The van der Waals surface area contributed by atoms with E-state index < -0.39 is 20.7 Å². The number of ether oxygens (including phenoxy) is 1. The maximum atomic E-state index is 13.4. The SMILES string of the molecule is CCc1ccc(OC2CCN(S(=O)(=O)C3(C(=O)NO)CCN(C)CC3)CC2)cc1. The molecule has 0 unspecified atom stereocenters. The van der Waals surface area contributed by atoms with Gasteiger partial charge in [-0.25, -0.2) is 18.2 Å². The van der Waals surface area contributed by atoms with E-state index in [9.17, 15) is 18.4 Å². The minimum absolute atomic E-state index is 0.0611. The standard InChI is InChI=1S/C20H31N3O5S/c1-3-16-4-6-17(7-5-16)28-18-8-12-23(13-9-18)29(26,27)20(19(24)21-25)10-14-22(2)15-11-20/h4-7,18,25H,3,8-15H2,1-2H3,(H,21,24). The number of hydrogen-bond acceptors (Lipinski definition) is 6. The Morgan fingerprint density at radius 1 is 1.17 bits per heavy atom. The molecule has 162 valence electrons. The van der Waals surface area contributed by atoms with Gasteiger partial charge in [-0.1, -0.05) is 19.1 Å². The van der Waals surface area contributed by atoms with E-state index >= 15 is 0 Å². The Morgan fingerprint density at radius 3 is 2.28 bits per heavy atom. The summed E-state index contributed by atoms with van der Waals surface area (Å²) in [5.41, 5.74) is 2.84. The predicted octanol–water partition coefficient (Wildman–Crippen LogP) is 1.39. The third-order valence-electron chi connectivity index (χ3n) is 6.18. The molecule has 1 amide bonds. The van der Waals surface area contributed by atoms with Gasteiger partial charge in [0.05, 0.1) is 0 Å². The molecule has 2 N–H and O–H groups in total. The summed E-state index contributed by atoms with van der Waals surface area (Å²) in [6.07, 6.45) is 2.36. The summed E-state index contributed by atoms with van der Waals surface area (Å²) in [6.45, 7) is 3.67. The van der Waals surface area contributed by atoms with Crippen LogP contribution in [0.5, 0.6) is 5.75 Å². The van der Waals surface area contributed by atoms with Gasteiger partial charge in [-0.05, 0) is 69.9 Å². The number of hydroxylamine groups is 1. The van der Waals surface area contributed by atoms with Crippen molar-refractivity contribution < 1.29 is 23.2 Å². The molecule has 1 aromatic rings. The summed E-state index contributed by atoms with van der Waals surface area (Å²) in [5.74, 6) is -0.0464. The smallest absolute Gasteiger partial charge is 0.266 e. The van der Waals surface area contributed by atoms with Crippen LogP contribution in [0.15, 0.2) is 24.3 Å². The highest BCUT2D eigenvalue weighted by atomic mass is 32.2. The third kappa shape index (κ3) is 4.42. The number of aryl methyl sites for hydroxylation is 1. The summed E-state index contributed by atoms with van der Waals surface area (Å²) < 4.78 is 32.6. The van der Waals surface area contributed by atoms with Gasteiger partial charge in [0.15, 0.2) is 4.75 Å². The molecule has 0 radical (unpaired) electrons. The Morgan fingerprint density at radius 2 is 1.76 bits per heavy atom. The molecule has 2 saturated heterocycles. The molecule has 2 aliphatic heterocycles. The van der Waals surface area contributed by atoms with E-state index in [0.29, 0.717) is 39.0 Å². The highest BCUT2D eigenvalue weighted by Crippen LogP contribution is 2.35. The zero-order valence-electron chi connectivity index (χ0n) is 17.1. The maximum absolute atomic E-state index is 13.4. The molecule has 1 aromatic carbocycles. The molecule has 2 heterocycles. The molecule has 0 atom stereocenters. The van der Waals surface area contributed by atoms with Crippen LogP contribution in [0.25, 0.3) is 0 Å². The van der Waals surface area contributed by atoms with E-state index in [-0.39, 0.29) is 18.9 Å². The summed E-state index contributed by atoms with van der Waals surface area (Å²) in [7, 11) is -2.02. The van der Waals surface area contributed by atoms with Crippen LogP contribution in [-0.4, -0.2) is 72.8 Å². The number of nitrogens with one attached hydrogen (secondary N) is 1. The van der Waals surface area contributed by atoms with Crippen LogP contribution in [0.3, 0.4) is 0 Å². The van der Waals surface area contributed by atoms with Crippen molar-refractivity contribution in [2.24, 2.45) is 0 Å². The number of sulfonamides is 1. The molecule has 9 heteroatoms. The largest absolute Gasteiger partial charge is 0.490 e. The van der Waals surface area contributed by atoms with Crippen molar-refractivity contribution in [1.82, 2.24) is 14.7 Å². The van der Waals surface area contributed by atoms with E-state index in [0.717, 1.165) is 12.2 Å². The zero-order valence-corrected chi connectivity index (χ0v) is 18.0. The molecule has 0 spiro atoms.